The zero-order valence-corrected chi connectivity index (χ0v) is 11.1. The number of rotatable bonds is 6. The average molecular weight is 243 g/mol. The number of hydrogen-bond acceptors (Lipinski definition) is 2. The van der Waals surface area contributed by atoms with Gasteiger partial charge in [-0.3, -0.25) is 5.10 Å². The molecule has 2 N–H and O–H groups in total. The Hall–Kier alpha value is -1.61. The molecule has 1 heterocycles. The summed E-state index contributed by atoms with van der Waals surface area (Å²) < 4.78 is 0. The summed E-state index contributed by atoms with van der Waals surface area (Å²) in [7, 11) is 0. The van der Waals surface area contributed by atoms with Crippen molar-refractivity contribution in [2.24, 2.45) is 0 Å². The summed E-state index contributed by atoms with van der Waals surface area (Å²) in [6, 6.07) is 11.2. The molecule has 18 heavy (non-hydrogen) atoms. The molecule has 0 aliphatic rings. The van der Waals surface area contributed by atoms with E-state index in [-0.39, 0.29) is 0 Å². The van der Waals surface area contributed by atoms with Crippen molar-refractivity contribution in [2.45, 2.75) is 39.3 Å². The minimum Gasteiger partial charge on any atom is -0.310 e. The first-order valence-corrected chi connectivity index (χ1v) is 6.65. The second-order valence-electron chi connectivity index (χ2n) is 4.56. The maximum absolute atomic E-state index is 3.97. The Bertz CT molecular complexity index is 441. The molecule has 2 aromatic rings. The van der Waals surface area contributed by atoms with Crippen LogP contribution in [0.15, 0.2) is 36.5 Å². The third-order valence-corrected chi connectivity index (χ3v) is 3.35. The van der Waals surface area contributed by atoms with Crippen molar-refractivity contribution in [1.82, 2.24) is 15.5 Å². The van der Waals surface area contributed by atoms with E-state index in [0.29, 0.717) is 6.04 Å². The van der Waals surface area contributed by atoms with E-state index in [1.807, 2.05) is 6.07 Å². The maximum Gasteiger partial charge on any atom is 0.0650 e. The lowest BCUT2D eigenvalue weighted by Gasteiger charge is -2.14. The first kappa shape index (κ1) is 12.8. The topological polar surface area (TPSA) is 40.7 Å². The molecule has 1 aromatic heterocycles. The highest BCUT2D eigenvalue weighted by atomic mass is 15.1. The molecule has 1 aromatic carbocycles. The minimum absolute atomic E-state index is 0.622. The summed E-state index contributed by atoms with van der Waals surface area (Å²) in [5, 5.41) is 10.5. The molecule has 0 aliphatic heterocycles. The van der Waals surface area contributed by atoms with E-state index in [0.717, 1.165) is 12.2 Å². The Kier molecular flexibility index (Phi) is 4.53. The van der Waals surface area contributed by atoms with E-state index >= 15 is 0 Å². The molecule has 0 radical (unpaired) electrons. The van der Waals surface area contributed by atoms with Crippen molar-refractivity contribution in [3.63, 3.8) is 0 Å². The minimum atomic E-state index is 0.622. The Morgan fingerprint density at radius 1 is 1.11 bits per heavy atom. The van der Waals surface area contributed by atoms with Crippen LogP contribution >= 0.6 is 0 Å². The molecule has 0 aliphatic carbocycles. The van der Waals surface area contributed by atoms with Gasteiger partial charge in [-0.05, 0) is 30.0 Å². The quantitative estimate of drug-likeness (QED) is 0.816. The number of benzene rings is 1. The van der Waals surface area contributed by atoms with E-state index in [4.69, 9.17) is 0 Å². The average Bonchev–Trinajstić information content (AvgIpc) is 2.94. The third kappa shape index (κ3) is 3.20. The van der Waals surface area contributed by atoms with Crippen molar-refractivity contribution >= 4 is 0 Å². The number of hydrogen-bond donors (Lipinski definition) is 2. The van der Waals surface area contributed by atoms with Gasteiger partial charge in [-0.25, -0.2) is 0 Å². The Balaban J connectivity index is 1.96. The van der Waals surface area contributed by atoms with Crippen LogP contribution in [0.5, 0.6) is 0 Å². The predicted molar refractivity (Wildman–Crippen MR) is 75.2 cm³/mol. The van der Waals surface area contributed by atoms with E-state index in [1.165, 1.54) is 24.0 Å². The highest BCUT2D eigenvalue weighted by Gasteiger charge is 2.03. The lowest BCUT2D eigenvalue weighted by atomic mass is 10.1. The van der Waals surface area contributed by atoms with E-state index in [1.54, 1.807) is 6.20 Å². The lowest BCUT2D eigenvalue weighted by molar-refractivity contribution is 0.484. The smallest absolute Gasteiger partial charge is 0.0650 e. The van der Waals surface area contributed by atoms with Gasteiger partial charge in [0.15, 0.2) is 0 Å². The fourth-order valence-corrected chi connectivity index (χ4v) is 2.06. The zero-order valence-electron chi connectivity index (χ0n) is 11.1. The predicted octanol–water partition coefficient (Wildman–Crippen LogP) is 3.35. The summed E-state index contributed by atoms with van der Waals surface area (Å²) >= 11 is 0. The second kappa shape index (κ2) is 6.36. The van der Waals surface area contributed by atoms with Crippen LogP contribution < -0.4 is 5.32 Å². The van der Waals surface area contributed by atoms with Crippen LogP contribution in [0, 0.1) is 0 Å². The highest BCUT2D eigenvalue weighted by Crippen LogP contribution is 2.16. The van der Waals surface area contributed by atoms with Gasteiger partial charge in [-0.2, -0.15) is 5.10 Å². The fraction of sp³-hybridized carbons (Fsp3) is 0.400. The molecule has 3 heteroatoms. The summed E-state index contributed by atoms with van der Waals surface area (Å²) in [6.07, 6.45) is 4.14. The SMILES string of the molecule is CCC(CC)NCc1ccc(-c2ccn[nH]2)cc1. The molecular weight excluding hydrogens is 222 g/mol. The van der Waals surface area contributed by atoms with Gasteiger partial charge in [0.05, 0.1) is 5.69 Å². The molecule has 0 saturated carbocycles. The molecule has 96 valence electrons. The molecule has 3 nitrogen and oxygen atoms in total. The molecule has 0 saturated heterocycles. The normalized spacial score (nSPS) is 11.1. The number of nitrogens with one attached hydrogen (secondary N) is 2. The van der Waals surface area contributed by atoms with Gasteiger partial charge in [0.25, 0.3) is 0 Å². The van der Waals surface area contributed by atoms with Crippen molar-refractivity contribution in [3.05, 3.63) is 42.1 Å². The Morgan fingerprint density at radius 3 is 2.39 bits per heavy atom. The van der Waals surface area contributed by atoms with Crippen LogP contribution in [0.1, 0.15) is 32.3 Å². The van der Waals surface area contributed by atoms with Crippen LogP contribution in [0.25, 0.3) is 11.3 Å². The van der Waals surface area contributed by atoms with Gasteiger partial charge in [-0.15, -0.1) is 0 Å². The van der Waals surface area contributed by atoms with Gasteiger partial charge in [-0.1, -0.05) is 38.1 Å². The zero-order chi connectivity index (χ0) is 12.8. The largest absolute Gasteiger partial charge is 0.310 e. The van der Waals surface area contributed by atoms with Crippen LogP contribution in [0.2, 0.25) is 0 Å². The summed E-state index contributed by atoms with van der Waals surface area (Å²) in [4.78, 5) is 0. The monoisotopic (exact) mass is 243 g/mol. The van der Waals surface area contributed by atoms with E-state index in [2.05, 4.69) is 53.6 Å². The van der Waals surface area contributed by atoms with Gasteiger partial charge in [0.2, 0.25) is 0 Å². The van der Waals surface area contributed by atoms with Crippen molar-refractivity contribution in [2.75, 3.05) is 0 Å². The van der Waals surface area contributed by atoms with Crippen LogP contribution in [-0.4, -0.2) is 16.2 Å². The van der Waals surface area contributed by atoms with Crippen LogP contribution in [-0.2, 0) is 6.54 Å². The number of nitrogens with zero attached hydrogens (tertiary/aromatic N) is 1. The Labute approximate surface area is 109 Å². The maximum atomic E-state index is 3.97. The standard InChI is InChI=1S/C15H21N3/c1-3-14(4-2)16-11-12-5-7-13(8-6-12)15-9-10-17-18-15/h5-10,14,16H,3-4,11H2,1-2H3,(H,17,18). The number of aromatic nitrogens is 2. The fourth-order valence-electron chi connectivity index (χ4n) is 2.06. The van der Waals surface area contributed by atoms with Crippen LogP contribution in [0.4, 0.5) is 0 Å². The van der Waals surface area contributed by atoms with Crippen molar-refractivity contribution in [3.8, 4) is 11.3 Å². The number of aromatic amines is 1. The third-order valence-electron chi connectivity index (χ3n) is 3.35. The van der Waals surface area contributed by atoms with E-state index in [9.17, 15) is 0 Å². The molecular formula is C15H21N3. The van der Waals surface area contributed by atoms with Gasteiger partial charge in [0.1, 0.15) is 0 Å². The molecule has 0 fully saturated rings. The van der Waals surface area contributed by atoms with Gasteiger partial charge >= 0.3 is 0 Å². The molecule has 0 amide bonds. The van der Waals surface area contributed by atoms with Gasteiger partial charge < -0.3 is 5.32 Å². The summed E-state index contributed by atoms with van der Waals surface area (Å²) in [5.74, 6) is 0. The summed E-state index contributed by atoms with van der Waals surface area (Å²) in [5.41, 5.74) is 3.57. The molecule has 0 unspecified atom stereocenters. The second-order valence-corrected chi connectivity index (χ2v) is 4.56. The van der Waals surface area contributed by atoms with Gasteiger partial charge in [0, 0.05) is 18.8 Å². The first-order valence-electron chi connectivity index (χ1n) is 6.65. The lowest BCUT2D eigenvalue weighted by Crippen LogP contribution is -2.26. The van der Waals surface area contributed by atoms with Crippen molar-refractivity contribution < 1.29 is 0 Å². The molecule has 0 spiro atoms. The van der Waals surface area contributed by atoms with Crippen molar-refractivity contribution in [1.29, 1.82) is 0 Å². The van der Waals surface area contributed by atoms with E-state index < -0.39 is 0 Å². The summed E-state index contributed by atoms with van der Waals surface area (Å²) in [6.45, 7) is 5.39. The van der Waals surface area contributed by atoms with Crippen LogP contribution in [0.3, 0.4) is 0 Å². The first-order chi connectivity index (χ1) is 8.83. The molecule has 0 bridgehead atoms. The number of H-pyrrole nitrogens is 1. The molecule has 2 rings (SSSR count). The Morgan fingerprint density at radius 2 is 1.83 bits per heavy atom. The molecule has 0 atom stereocenters. The highest BCUT2D eigenvalue weighted by molar-refractivity contribution is 5.58.